The van der Waals surface area contributed by atoms with Gasteiger partial charge in [-0.25, -0.2) is 5.43 Å². The fourth-order valence-electron chi connectivity index (χ4n) is 3.72. The molecule has 0 aliphatic heterocycles. The number of nitrogens with one attached hydrogen (secondary N) is 2. The van der Waals surface area contributed by atoms with Gasteiger partial charge in [0.2, 0.25) is 0 Å². The molecule has 0 radical (unpaired) electrons. The molecule has 9 heteroatoms. The second-order valence-corrected chi connectivity index (χ2v) is 9.00. The third-order valence-electron chi connectivity index (χ3n) is 5.58. The van der Waals surface area contributed by atoms with E-state index in [0.717, 1.165) is 21.9 Å². The van der Waals surface area contributed by atoms with Gasteiger partial charge < -0.3 is 14.8 Å². The van der Waals surface area contributed by atoms with Gasteiger partial charge in [0, 0.05) is 5.69 Å². The number of fused-ring (bicyclic) bond motifs is 1. The van der Waals surface area contributed by atoms with Gasteiger partial charge in [-0.2, -0.15) is 10.4 Å². The number of hydrogen-bond acceptors (Lipinski definition) is 6. The van der Waals surface area contributed by atoms with Crippen molar-refractivity contribution in [3.05, 3.63) is 100 Å². The molecule has 2 N–H and O–H groups in total. The number of nitriles is 1. The number of anilines is 1. The van der Waals surface area contributed by atoms with Crippen LogP contribution in [-0.2, 0) is 22.6 Å². The van der Waals surface area contributed by atoms with Crippen LogP contribution in [0.2, 0.25) is 0 Å². The molecule has 0 spiro atoms. The lowest BCUT2D eigenvalue weighted by Gasteiger charge is -2.14. The van der Waals surface area contributed by atoms with Crippen molar-refractivity contribution in [1.29, 1.82) is 5.26 Å². The molecular formula is C29H23BrN4O4. The number of carbonyl (C=O) groups excluding carboxylic acids is 2. The molecule has 0 atom stereocenters. The highest BCUT2D eigenvalue weighted by Crippen LogP contribution is 2.37. The van der Waals surface area contributed by atoms with Crippen LogP contribution in [0.3, 0.4) is 0 Å². The third kappa shape index (κ3) is 6.55. The standard InChI is InChI=1S/C29H23BrN4O4/c1-37-26-16-20(17-32-34-29(36)28(35)33-23-11-9-19(10-12-23)13-14-31)15-25(30)27(26)38-18-22-7-4-6-21-5-2-3-8-24(21)22/h2-12,15-17H,13,18H2,1H3,(H,33,35)(H,34,36)/b32-17+. The zero-order chi connectivity index (χ0) is 26.9. The number of hydrogen-bond donors (Lipinski definition) is 2. The van der Waals surface area contributed by atoms with Crippen LogP contribution in [0.1, 0.15) is 16.7 Å². The van der Waals surface area contributed by atoms with Gasteiger partial charge in [-0.1, -0.05) is 54.6 Å². The molecule has 2 amide bonds. The van der Waals surface area contributed by atoms with Gasteiger partial charge in [-0.05, 0) is 67.7 Å². The first-order chi connectivity index (χ1) is 18.5. The Morgan fingerprint density at radius 2 is 1.79 bits per heavy atom. The molecule has 0 unspecified atom stereocenters. The average Bonchev–Trinajstić information content (AvgIpc) is 2.93. The summed E-state index contributed by atoms with van der Waals surface area (Å²) in [7, 11) is 1.53. The first kappa shape index (κ1) is 26.4. The summed E-state index contributed by atoms with van der Waals surface area (Å²) in [6.45, 7) is 0.343. The first-order valence-electron chi connectivity index (χ1n) is 11.6. The van der Waals surface area contributed by atoms with Crippen molar-refractivity contribution in [3.8, 4) is 17.6 Å². The molecule has 4 rings (SSSR count). The zero-order valence-electron chi connectivity index (χ0n) is 20.4. The van der Waals surface area contributed by atoms with Gasteiger partial charge in [0.05, 0.1) is 30.3 Å². The molecule has 0 aromatic heterocycles. The molecule has 0 saturated heterocycles. The fourth-order valence-corrected chi connectivity index (χ4v) is 4.30. The topological polar surface area (TPSA) is 113 Å². The molecule has 8 nitrogen and oxygen atoms in total. The number of amides is 2. The van der Waals surface area contributed by atoms with Crippen LogP contribution in [0.25, 0.3) is 10.8 Å². The van der Waals surface area contributed by atoms with Crippen molar-refractivity contribution in [3.63, 3.8) is 0 Å². The summed E-state index contributed by atoms with van der Waals surface area (Å²) < 4.78 is 12.3. The Kier molecular flexibility index (Phi) is 8.69. The van der Waals surface area contributed by atoms with Crippen LogP contribution >= 0.6 is 15.9 Å². The predicted molar refractivity (Wildman–Crippen MR) is 149 cm³/mol. The lowest BCUT2D eigenvalue weighted by Crippen LogP contribution is -2.32. The Morgan fingerprint density at radius 1 is 1.03 bits per heavy atom. The Labute approximate surface area is 228 Å². The fraction of sp³-hybridized carbons (Fsp3) is 0.103. The first-order valence-corrected chi connectivity index (χ1v) is 12.3. The number of halogens is 1. The highest BCUT2D eigenvalue weighted by molar-refractivity contribution is 9.10. The van der Waals surface area contributed by atoms with Crippen molar-refractivity contribution in [1.82, 2.24) is 5.43 Å². The normalized spacial score (nSPS) is 10.7. The summed E-state index contributed by atoms with van der Waals surface area (Å²) >= 11 is 3.52. The number of carbonyl (C=O) groups is 2. The molecule has 4 aromatic carbocycles. The van der Waals surface area contributed by atoms with Crippen molar-refractivity contribution < 1.29 is 19.1 Å². The number of benzene rings is 4. The Bertz CT molecular complexity index is 1540. The Hall–Kier alpha value is -4.68. The lowest BCUT2D eigenvalue weighted by molar-refractivity contribution is -0.136. The van der Waals surface area contributed by atoms with E-state index in [1.54, 1.807) is 36.4 Å². The quantitative estimate of drug-likeness (QED) is 0.168. The van der Waals surface area contributed by atoms with Crippen LogP contribution in [0, 0.1) is 11.3 Å². The number of nitrogens with zero attached hydrogens (tertiary/aromatic N) is 2. The lowest BCUT2D eigenvalue weighted by atomic mass is 10.1. The van der Waals surface area contributed by atoms with Crippen molar-refractivity contribution in [2.24, 2.45) is 5.10 Å². The summed E-state index contributed by atoms with van der Waals surface area (Å²) in [6, 6.07) is 26.3. The van der Waals surface area contributed by atoms with E-state index in [1.807, 2.05) is 30.3 Å². The Morgan fingerprint density at radius 3 is 2.55 bits per heavy atom. The highest BCUT2D eigenvalue weighted by Gasteiger charge is 2.14. The summed E-state index contributed by atoms with van der Waals surface area (Å²) in [5.74, 6) is -0.790. The SMILES string of the molecule is COc1cc(/C=N/NC(=O)C(=O)Nc2ccc(CC#N)cc2)cc(Br)c1OCc1cccc2ccccc12. The minimum absolute atomic E-state index is 0.266. The van der Waals surface area contributed by atoms with E-state index in [9.17, 15) is 9.59 Å². The van der Waals surface area contributed by atoms with Crippen molar-refractivity contribution >= 4 is 50.4 Å². The maximum absolute atomic E-state index is 12.1. The molecule has 0 aliphatic carbocycles. The van der Waals surface area contributed by atoms with Gasteiger partial charge in [0.1, 0.15) is 6.61 Å². The third-order valence-corrected chi connectivity index (χ3v) is 6.17. The van der Waals surface area contributed by atoms with E-state index >= 15 is 0 Å². The number of ether oxygens (including phenoxy) is 2. The molecular weight excluding hydrogens is 548 g/mol. The number of hydrazone groups is 1. The molecule has 190 valence electrons. The van der Waals surface area contributed by atoms with E-state index in [2.05, 4.69) is 50.0 Å². The van der Waals surface area contributed by atoms with Gasteiger partial charge in [-0.15, -0.1) is 0 Å². The molecule has 0 heterocycles. The molecule has 4 aromatic rings. The molecule has 0 aliphatic rings. The monoisotopic (exact) mass is 570 g/mol. The maximum Gasteiger partial charge on any atom is 0.329 e. The minimum Gasteiger partial charge on any atom is -0.493 e. The van der Waals surface area contributed by atoms with E-state index in [1.165, 1.54) is 13.3 Å². The summed E-state index contributed by atoms with van der Waals surface area (Å²) in [4.78, 5) is 24.3. The minimum atomic E-state index is -0.927. The second kappa shape index (κ2) is 12.5. The van der Waals surface area contributed by atoms with Crippen molar-refractivity contribution in [2.45, 2.75) is 13.0 Å². The van der Waals surface area contributed by atoms with Crippen LogP contribution in [0.4, 0.5) is 5.69 Å². The van der Waals surface area contributed by atoms with Crippen LogP contribution in [0.5, 0.6) is 11.5 Å². The molecule has 0 saturated carbocycles. The van der Waals surface area contributed by atoms with E-state index in [0.29, 0.717) is 33.8 Å². The Balaban J connectivity index is 1.38. The van der Waals surface area contributed by atoms with Crippen LogP contribution < -0.4 is 20.2 Å². The van der Waals surface area contributed by atoms with Crippen LogP contribution in [-0.4, -0.2) is 25.1 Å². The van der Waals surface area contributed by atoms with E-state index < -0.39 is 11.8 Å². The van der Waals surface area contributed by atoms with Gasteiger partial charge >= 0.3 is 11.8 Å². The van der Waals surface area contributed by atoms with Crippen LogP contribution in [0.15, 0.2) is 88.4 Å². The molecule has 38 heavy (non-hydrogen) atoms. The van der Waals surface area contributed by atoms with Crippen molar-refractivity contribution in [2.75, 3.05) is 12.4 Å². The summed E-state index contributed by atoms with van der Waals surface area (Å²) in [6.07, 6.45) is 1.66. The molecule has 0 bridgehead atoms. The summed E-state index contributed by atoms with van der Waals surface area (Å²) in [5.41, 5.74) is 5.11. The number of rotatable bonds is 8. The van der Waals surface area contributed by atoms with Gasteiger partial charge in [0.15, 0.2) is 11.5 Å². The zero-order valence-corrected chi connectivity index (χ0v) is 22.0. The van der Waals surface area contributed by atoms with Gasteiger partial charge in [-0.3, -0.25) is 9.59 Å². The average molecular weight is 571 g/mol. The van der Waals surface area contributed by atoms with Gasteiger partial charge in [0.25, 0.3) is 0 Å². The maximum atomic E-state index is 12.1. The van der Waals surface area contributed by atoms with E-state index in [4.69, 9.17) is 14.7 Å². The predicted octanol–water partition coefficient (Wildman–Crippen LogP) is 5.34. The summed E-state index contributed by atoms with van der Waals surface area (Å²) in [5, 5.41) is 17.3. The van der Waals surface area contributed by atoms with E-state index in [-0.39, 0.29) is 6.42 Å². The number of methoxy groups -OCH3 is 1. The largest absolute Gasteiger partial charge is 0.493 e. The molecule has 0 fully saturated rings. The highest BCUT2D eigenvalue weighted by atomic mass is 79.9. The smallest absolute Gasteiger partial charge is 0.329 e. The second-order valence-electron chi connectivity index (χ2n) is 8.15.